The summed E-state index contributed by atoms with van der Waals surface area (Å²) in [6.45, 7) is 0.766. The van der Waals surface area contributed by atoms with Gasteiger partial charge in [0, 0.05) is 13.1 Å². The minimum Gasteiger partial charge on any atom is -0.440 e. The van der Waals surface area contributed by atoms with Crippen LogP contribution in [0.5, 0.6) is 0 Å². The van der Waals surface area contributed by atoms with E-state index >= 15 is 0 Å². The first-order valence-electron chi connectivity index (χ1n) is 6.89. The molecule has 21 heavy (non-hydrogen) atoms. The van der Waals surface area contributed by atoms with Crippen LogP contribution in [0.3, 0.4) is 0 Å². The third kappa shape index (κ3) is 12.4. The molecule has 0 unspecified atom stereocenters. The number of amides is 1. The second kappa shape index (κ2) is 9.83. The summed E-state index contributed by atoms with van der Waals surface area (Å²) < 4.78 is 40.6. The predicted molar refractivity (Wildman–Crippen MR) is 75.3 cm³/mol. The zero-order valence-corrected chi connectivity index (χ0v) is 13.2. The molecule has 0 aromatic heterocycles. The van der Waals surface area contributed by atoms with E-state index in [9.17, 15) is 18.0 Å². The third-order valence-corrected chi connectivity index (χ3v) is 2.68. The Balaban J connectivity index is 4.29. The molecule has 0 aliphatic rings. The van der Waals surface area contributed by atoms with E-state index in [0.29, 0.717) is 25.9 Å². The molecule has 0 spiro atoms. The maximum Gasteiger partial charge on any atom is 0.422 e. The number of alkyl halides is 3. The minimum absolute atomic E-state index is 0.391. The maximum absolute atomic E-state index is 12.1. The molecule has 0 heterocycles. The Morgan fingerprint density at radius 3 is 1.67 bits per heavy atom. The lowest BCUT2D eigenvalue weighted by Crippen LogP contribution is -2.37. The van der Waals surface area contributed by atoms with Gasteiger partial charge in [-0.2, -0.15) is 13.2 Å². The van der Waals surface area contributed by atoms with E-state index in [2.05, 4.69) is 4.74 Å². The zero-order valence-electron chi connectivity index (χ0n) is 13.2. The zero-order chi connectivity index (χ0) is 16.5. The molecule has 0 radical (unpaired) electrons. The van der Waals surface area contributed by atoms with Crippen molar-refractivity contribution in [2.24, 2.45) is 0 Å². The molecule has 0 fully saturated rings. The van der Waals surface area contributed by atoms with Crippen LogP contribution in [-0.2, 0) is 4.74 Å². The van der Waals surface area contributed by atoms with Gasteiger partial charge in [-0.25, -0.2) is 4.79 Å². The highest BCUT2D eigenvalue weighted by atomic mass is 19.4. The number of nitrogens with zero attached hydrogens (tertiary/aromatic N) is 3. The molecule has 0 N–H and O–H groups in total. The summed E-state index contributed by atoms with van der Waals surface area (Å²) in [7, 11) is 7.60. The van der Waals surface area contributed by atoms with Crippen molar-refractivity contribution in [2.45, 2.75) is 19.0 Å². The molecule has 5 nitrogen and oxygen atoms in total. The van der Waals surface area contributed by atoms with Gasteiger partial charge in [-0.15, -0.1) is 0 Å². The molecule has 0 aromatic rings. The number of hydrogen-bond donors (Lipinski definition) is 0. The number of carbonyl (C=O) groups is 1. The van der Waals surface area contributed by atoms with Gasteiger partial charge in [0.05, 0.1) is 0 Å². The summed E-state index contributed by atoms with van der Waals surface area (Å²) in [6, 6.07) is 0. The smallest absolute Gasteiger partial charge is 0.422 e. The standard InChI is InChI=1S/C13H26F3N3O2/c1-17(2)7-5-9-19(10-6-8-18(3)4)12(20)21-11-13(14,15)16/h5-11H2,1-4H3. The first kappa shape index (κ1) is 20.0. The average Bonchev–Trinajstić information content (AvgIpc) is 2.32. The molecule has 8 heteroatoms. The fraction of sp³-hybridized carbons (Fsp3) is 0.923. The predicted octanol–water partition coefficient (Wildman–Crippen LogP) is 1.89. The molecule has 0 saturated carbocycles. The van der Waals surface area contributed by atoms with Gasteiger partial charge >= 0.3 is 12.3 Å². The molecule has 0 atom stereocenters. The van der Waals surface area contributed by atoms with Crippen molar-refractivity contribution >= 4 is 6.09 Å². The molecule has 0 bridgehead atoms. The minimum atomic E-state index is -4.49. The van der Waals surface area contributed by atoms with Crippen molar-refractivity contribution in [2.75, 3.05) is 61.0 Å². The Labute approximate surface area is 124 Å². The molecule has 1 amide bonds. The van der Waals surface area contributed by atoms with Gasteiger partial charge in [-0.1, -0.05) is 0 Å². The van der Waals surface area contributed by atoms with E-state index in [1.54, 1.807) is 0 Å². The van der Waals surface area contributed by atoms with Crippen molar-refractivity contribution in [1.82, 2.24) is 14.7 Å². The summed E-state index contributed by atoms with van der Waals surface area (Å²) in [5, 5.41) is 0. The van der Waals surface area contributed by atoms with Crippen LogP contribution in [0.2, 0.25) is 0 Å². The Hall–Kier alpha value is -1.02. The molecule has 0 aliphatic carbocycles. The largest absolute Gasteiger partial charge is 0.440 e. The fourth-order valence-corrected chi connectivity index (χ4v) is 1.68. The van der Waals surface area contributed by atoms with Gasteiger partial charge < -0.3 is 19.4 Å². The lowest BCUT2D eigenvalue weighted by molar-refractivity contribution is -0.162. The van der Waals surface area contributed by atoms with Crippen molar-refractivity contribution in [3.8, 4) is 0 Å². The summed E-state index contributed by atoms with van der Waals surface area (Å²) in [4.78, 5) is 17.0. The normalized spacial score (nSPS) is 12.0. The van der Waals surface area contributed by atoms with E-state index < -0.39 is 18.9 Å². The maximum atomic E-state index is 12.1. The number of ether oxygens (including phenoxy) is 1. The highest BCUT2D eigenvalue weighted by Crippen LogP contribution is 2.15. The van der Waals surface area contributed by atoms with Crippen molar-refractivity contribution in [3.05, 3.63) is 0 Å². The van der Waals surface area contributed by atoms with E-state index in [0.717, 1.165) is 13.1 Å². The summed E-state index contributed by atoms with van der Waals surface area (Å²) in [6.07, 6.45) is -4.01. The van der Waals surface area contributed by atoms with Crippen LogP contribution in [0.1, 0.15) is 12.8 Å². The van der Waals surface area contributed by atoms with Crippen LogP contribution >= 0.6 is 0 Å². The fourth-order valence-electron chi connectivity index (χ4n) is 1.68. The van der Waals surface area contributed by atoms with Crippen molar-refractivity contribution in [1.29, 1.82) is 0 Å². The summed E-state index contributed by atoms with van der Waals surface area (Å²) in [5.41, 5.74) is 0. The molecular formula is C13H26F3N3O2. The topological polar surface area (TPSA) is 36.0 Å². The van der Waals surface area contributed by atoms with Gasteiger partial charge in [0.2, 0.25) is 0 Å². The Morgan fingerprint density at radius 2 is 1.33 bits per heavy atom. The average molecular weight is 313 g/mol. The number of carbonyl (C=O) groups excluding carboxylic acids is 1. The van der Waals surface area contributed by atoms with Crippen LogP contribution in [0.15, 0.2) is 0 Å². The second-order valence-electron chi connectivity index (χ2n) is 5.47. The quantitative estimate of drug-likeness (QED) is 0.651. The van der Waals surface area contributed by atoms with Gasteiger partial charge in [0.25, 0.3) is 0 Å². The number of halogens is 3. The first-order valence-corrected chi connectivity index (χ1v) is 6.89. The van der Waals surface area contributed by atoms with Crippen LogP contribution in [0.4, 0.5) is 18.0 Å². The van der Waals surface area contributed by atoms with E-state index in [-0.39, 0.29) is 0 Å². The Kier molecular flexibility index (Phi) is 9.36. The monoisotopic (exact) mass is 313 g/mol. The van der Waals surface area contributed by atoms with Gasteiger partial charge in [-0.3, -0.25) is 0 Å². The van der Waals surface area contributed by atoms with Crippen LogP contribution < -0.4 is 0 Å². The SMILES string of the molecule is CN(C)CCCN(CCCN(C)C)C(=O)OCC(F)(F)F. The molecule has 0 saturated heterocycles. The van der Waals surface area contributed by atoms with E-state index in [4.69, 9.17) is 0 Å². The Bertz CT molecular complexity index is 283. The second-order valence-corrected chi connectivity index (χ2v) is 5.47. The lowest BCUT2D eigenvalue weighted by atomic mass is 10.3. The first-order chi connectivity index (χ1) is 9.61. The number of rotatable bonds is 9. The molecule has 0 aliphatic heterocycles. The summed E-state index contributed by atoms with van der Waals surface area (Å²) in [5.74, 6) is 0. The van der Waals surface area contributed by atoms with Crippen molar-refractivity contribution < 1.29 is 22.7 Å². The lowest BCUT2D eigenvalue weighted by Gasteiger charge is -2.24. The van der Waals surface area contributed by atoms with Gasteiger partial charge in [-0.05, 0) is 54.1 Å². The summed E-state index contributed by atoms with van der Waals surface area (Å²) >= 11 is 0. The molecule has 0 rings (SSSR count). The van der Waals surface area contributed by atoms with Gasteiger partial charge in [0.15, 0.2) is 6.61 Å². The highest BCUT2D eigenvalue weighted by molar-refractivity contribution is 5.67. The van der Waals surface area contributed by atoms with Crippen LogP contribution in [0, 0.1) is 0 Å². The molecule has 0 aromatic carbocycles. The van der Waals surface area contributed by atoms with Crippen LogP contribution in [0.25, 0.3) is 0 Å². The molecule has 126 valence electrons. The van der Waals surface area contributed by atoms with E-state index in [1.165, 1.54) is 4.90 Å². The van der Waals surface area contributed by atoms with E-state index in [1.807, 2.05) is 38.0 Å². The number of hydrogen-bond acceptors (Lipinski definition) is 4. The Morgan fingerprint density at radius 1 is 0.905 bits per heavy atom. The molecular weight excluding hydrogens is 287 g/mol. The van der Waals surface area contributed by atoms with Crippen molar-refractivity contribution in [3.63, 3.8) is 0 Å². The highest BCUT2D eigenvalue weighted by Gasteiger charge is 2.30. The van der Waals surface area contributed by atoms with Crippen LogP contribution in [-0.4, -0.2) is 87.9 Å². The van der Waals surface area contributed by atoms with Gasteiger partial charge in [0.1, 0.15) is 0 Å². The third-order valence-electron chi connectivity index (χ3n) is 2.68.